The second-order valence-corrected chi connectivity index (χ2v) is 7.19. The molecule has 0 aromatic carbocycles. The maximum Gasteiger partial charge on any atom is 0.104 e. The normalized spacial score (nSPS) is 19.5. The van der Waals surface area contributed by atoms with Gasteiger partial charge in [0.1, 0.15) is 6.10 Å². The molecule has 1 aliphatic rings. The third-order valence-electron chi connectivity index (χ3n) is 4.10. The van der Waals surface area contributed by atoms with Crippen molar-refractivity contribution in [2.45, 2.75) is 37.8 Å². The Hall–Kier alpha value is -0.690. The van der Waals surface area contributed by atoms with E-state index in [1.165, 1.54) is 10.4 Å². The van der Waals surface area contributed by atoms with Crippen molar-refractivity contribution in [1.29, 1.82) is 0 Å². The molecular formula is C15H19BrN2O2S. The number of methoxy groups -OCH3 is 1. The van der Waals surface area contributed by atoms with Gasteiger partial charge in [0.25, 0.3) is 0 Å². The van der Waals surface area contributed by atoms with Crippen LogP contribution in [-0.2, 0) is 17.7 Å². The van der Waals surface area contributed by atoms with Gasteiger partial charge in [0, 0.05) is 17.9 Å². The van der Waals surface area contributed by atoms with Crippen molar-refractivity contribution in [2.75, 3.05) is 13.7 Å². The minimum atomic E-state index is -0.535. The van der Waals surface area contributed by atoms with E-state index in [1.54, 1.807) is 24.6 Å². The van der Waals surface area contributed by atoms with E-state index in [4.69, 9.17) is 4.74 Å². The fourth-order valence-electron chi connectivity index (χ4n) is 3.06. The van der Waals surface area contributed by atoms with Crippen LogP contribution in [0, 0.1) is 0 Å². The highest BCUT2D eigenvalue weighted by atomic mass is 79.9. The highest BCUT2D eigenvalue weighted by Crippen LogP contribution is 2.43. The van der Waals surface area contributed by atoms with Crippen LogP contribution < -0.4 is 0 Å². The van der Waals surface area contributed by atoms with Crippen molar-refractivity contribution in [1.82, 2.24) is 9.78 Å². The molecule has 0 saturated heterocycles. The van der Waals surface area contributed by atoms with Gasteiger partial charge in [-0.15, -0.1) is 11.3 Å². The Balaban J connectivity index is 1.89. The summed E-state index contributed by atoms with van der Waals surface area (Å²) in [5, 5.41) is 17.4. The molecule has 0 saturated carbocycles. The molecule has 0 amide bonds. The number of halogens is 1. The summed E-state index contributed by atoms with van der Waals surface area (Å²) in [6.45, 7) is 1.24. The molecule has 21 heavy (non-hydrogen) atoms. The number of aromatic nitrogens is 2. The summed E-state index contributed by atoms with van der Waals surface area (Å²) in [6.07, 6.45) is 4.52. The first kappa shape index (κ1) is 15.2. The second kappa shape index (κ2) is 6.60. The molecule has 0 bridgehead atoms. The molecule has 0 aliphatic heterocycles. The van der Waals surface area contributed by atoms with Gasteiger partial charge in [-0.1, -0.05) is 0 Å². The largest absolute Gasteiger partial charge is 0.386 e. The van der Waals surface area contributed by atoms with E-state index in [9.17, 15) is 5.11 Å². The van der Waals surface area contributed by atoms with Crippen LogP contribution in [0.1, 0.15) is 41.0 Å². The summed E-state index contributed by atoms with van der Waals surface area (Å²) in [4.78, 5) is 1.42. The van der Waals surface area contributed by atoms with Gasteiger partial charge < -0.3 is 9.84 Å². The number of aliphatic hydroxyl groups excluding tert-OH is 1. The number of hydrogen-bond donors (Lipinski definition) is 1. The Morgan fingerprint density at radius 1 is 1.62 bits per heavy atom. The molecule has 3 rings (SSSR count). The summed E-state index contributed by atoms with van der Waals surface area (Å²) < 4.78 is 7.84. The van der Waals surface area contributed by atoms with Crippen LogP contribution in [0.3, 0.4) is 0 Å². The summed E-state index contributed by atoms with van der Waals surface area (Å²) in [5.41, 5.74) is 2.17. The summed E-state index contributed by atoms with van der Waals surface area (Å²) in [5.74, 6) is 0.161. The topological polar surface area (TPSA) is 47.3 Å². The van der Waals surface area contributed by atoms with Crippen LogP contribution in [0.4, 0.5) is 0 Å². The Morgan fingerprint density at radius 3 is 3.29 bits per heavy atom. The third-order valence-corrected chi connectivity index (χ3v) is 5.71. The molecule has 2 unspecified atom stereocenters. The lowest BCUT2D eigenvalue weighted by Crippen LogP contribution is -2.20. The van der Waals surface area contributed by atoms with Crippen LogP contribution in [0.5, 0.6) is 0 Å². The molecule has 0 radical (unpaired) electrons. The fraction of sp³-hybridized carbons (Fsp3) is 0.533. The van der Waals surface area contributed by atoms with Gasteiger partial charge in [0.05, 0.1) is 29.5 Å². The van der Waals surface area contributed by atoms with Gasteiger partial charge in [0.2, 0.25) is 0 Å². The molecule has 1 N–H and O–H groups in total. The predicted octanol–water partition coefficient (Wildman–Crippen LogP) is 3.51. The molecule has 2 aromatic heterocycles. The Labute approximate surface area is 136 Å². The minimum absolute atomic E-state index is 0.161. The average Bonchev–Trinajstić information content (AvgIpc) is 3.10. The van der Waals surface area contributed by atoms with Gasteiger partial charge >= 0.3 is 0 Å². The van der Waals surface area contributed by atoms with Crippen LogP contribution >= 0.6 is 27.3 Å². The number of thiophene rings is 1. The molecule has 6 heteroatoms. The zero-order valence-electron chi connectivity index (χ0n) is 12.0. The minimum Gasteiger partial charge on any atom is -0.386 e. The van der Waals surface area contributed by atoms with E-state index in [2.05, 4.69) is 32.5 Å². The highest BCUT2D eigenvalue weighted by Gasteiger charge is 2.31. The van der Waals surface area contributed by atoms with Gasteiger partial charge in [-0.05, 0) is 52.2 Å². The Bertz CT molecular complexity index is 611. The van der Waals surface area contributed by atoms with Crippen molar-refractivity contribution in [3.63, 3.8) is 0 Å². The van der Waals surface area contributed by atoms with Crippen molar-refractivity contribution in [2.24, 2.45) is 0 Å². The monoisotopic (exact) mass is 370 g/mol. The van der Waals surface area contributed by atoms with E-state index in [0.717, 1.165) is 29.4 Å². The molecule has 114 valence electrons. The molecule has 0 fully saturated rings. The molecule has 0 spiro atoms. The zero-order valence-corrected chi connectivity index (χ0v) is 14.4. The van der Waals surface area contributed by atoms with Crippen LogP contribution in [0.2, 0.25) is 0 Å². The lowest BCUT2D eigenvalue weighted by Gasteiger charge is -2.28. The number of fused-ring (bicyclic) bond motifs is 1. The lowest BCUT2D eigenvalue weighted by atomic mass is 9.83. The van der Waals surface area contributed by atoms with E-state index >= 15 is 0 Å². The molecule has 2 aromatic rings. The van der Waals surface area contributed by atoms with Gasteiger partial charge in [-0.3, -0.25) is 4.68 Å². The fourth-order valence-corrected chi connectivity index (χ4v) is 4.59. The summed E-state index contributed by atoms with van der Waals surface area (Å²) in [6, 6.07) is 2.16. The second-order valence-electron chi connectivity index (χ2n) is 5.34. The lowest BCUT2D eigenvalue weighted by molar-refractivity contribution is 0.120. The number of nitrogens with zero attached hydrogens (tertiary/aromatic N) is 2. The number of aliphatic hydroxyl groups is 1. The van der Waals surface area contributed by atoms with Gasteiger partial charge in [0.15, 0.2) is 0 Å². The smallest absolute Gasteiger partial charge is 0.104 e. The maximum atomic E-state index is 10.9. The SMILES string of the molecule is COCCn1ncc(Br)c1C(O)C1CCCc2sccc21. The summed E-state index contributed by atoms with van der Waals surface area (Å²) in [7, 11) is 1.67. The Morgan fingerprint density at radius 2 is 2.48 bits per heavy atom. The average molecular weight is 371 g/mol. The number of aryl methyl sites for hydroxylation is 1. The maximum absolute atomic E-state index is 10.9. The first-order valence-electron chi connectivity index (χ1n) is 7.17. The van der Waals surface area contributed by atoms with Crippen LogP contribution in [0.15, 0.2) is 22.1 Å². The van der Waals surface area contributed by atoms with Crippen LogP contribution in [0.25, 0.3) is 0 Å². The highest BCUT2D eigenvalue weighted by molar-refractivity contribution is 9.10. The molecule has 2 heterocycles. The van der Waals surface area contributed by atoms with Gasteiger partial charge in [-0.2, -0.15) is 5.10 Å². The third kappa shape index (κ3) is 2.95. The molecule has 4 nitrogen and oxygen atoms in total. The number of ether oxygens (including phenoxy) is 1. The first-order valence-corrected chi connectivity index (χ1v) is 8.84. The van der Waals surface area contributed by atoms with Crippen molar-refractivity contribution >= 4 is 27.3 Å². The predicted molar refractivity (Wildman–Crippen MR) is 86.8 cm³/mol. The molecule has 2 atom stereocenters. The molecular weight excluding hydrogens is 352 g/mol. The van der Waals surface area contributed by atoms with E-state index in [1.807, 2.05) is 4.68 Å². The first-order chi connectivity index (χ1) is 10.2. The summed E-state index contributed by atoms with van der Waals surface area (Å²) >= 11 is 5.33. The Kier molecular flexibility index (Phi) is 4.78. The van der Waals surface area contributed by atoms with Crippen LogP contribution in [-0.4, -0.2) is 28.6 Å². The number of hydrogen-bond acceptors (Lipinski definition) is 4. The zero-order chi connectivity index (χ0) is 14.8. The quantitative estimate of drug-likeness (QED) is 0.875. The number of rotatable bonds is 5. The van der Waals surface area contributed by atoms with Crippen molar-refractivity contribution in [3.8, 4) is 0 Å². The van der Waals surface area contributed by atoms with Gasteiger partial charge in [-0.25, -0.2) is 0 Å². The van der Waals surface area contributed by atoms with Crippen molar-refractivity contribution in [3.05, 3.63) is 38.3 Å². The standard InChI is InChI=1S/C15H19BrN2O2S/c1-20-7-6-18-14(12(16)9-17-18)15(19)11-3-2-4-13-10(11)5-8-21-13/h5,8-9,11,15,19H,2-4,6-7H2,1H3. The van der Waals surface area contributed by atoms with E-state index in [0.29, 0.717) is 13.2 Å². The van der Waals surface area contributed by atoms with E-state index in [-0.39, 0.29) is 5.92 Å². The van der Waals surface area contributed by atoms with Crippen molar-refractivity contribution < 1.29 is 9.84 Å². The molecule has 1 aliphatic carbocycles. The van der Waals surface area contributed by atoms with E-state index < -0.39 is 6.10 Å².